The topological polar surface area (TPSA) is 106 Å². The summed E-state index contributed by atoms with van der Waals surface area (Å²) in [6, 6.07) is 1.29. The summed E-state index contributed by atoms with van der Waals surface area (Å²) in [7, 11) is 1.49. The second kappa shape index (κ2) is 5.94. The molecule has 1 rings (SSSR count). The Hall–Kier alpha value is -1.73. The first-order valence-electron chi connectivity index (χ1n) is 5.04. The molecule has 1 aromatic rings. The van der Waals surface area contributed by atoms with Crippen molar-refractivity contribution >= 4 is 41.0 Å². The van der Waals surface area contributed by atoms with Crippen molar-refractivity contribution in [3.8, 4) is 0 Å². The number of carboxylic acids is 1. The molecule has 104 valence electrons. The van der Waals surface area contributed by atoms with Crippen molar-refractivity contribution in [1.82, 2.24) is 9.47 Å². The van der Waals surface area contributed by atoms with E-state index >= 15 is 0 Å². The largest absolute Gasteiger partial charge is 0.480 e. The minimum atomic E-state index is -1.26. The van der Waals surface area contributed by atoms with Crippen LogP contribution in [0, 0.1) is 0 Å². The Bertz CT molecular complexity index is 525. The maximum atomic E-state index is 12.1. The molecule has 0 aliphatic rings. The number of amides is 2. The Morgan fingerprint density at radius 1 is 1.37 bits per heavy atom. The molecule has 1 aromatic heterocycles. The predicted molar refractivity (Wildman–Crippen MR) is 68.2 cm³/mol. The maximum absolute atomic E-state index is 12.1. The zero-order chi connectivity index (χ0) is 14.7. The summed E-state index contributed by atoms with van der Waals surface area (Å²) in [5.74, 6) is -2.78. The molecular weight excluding hydrogens is 297 g/mol. The molecular formula is C10H11Cl2N3O4. The number of rotatable bonds is 5. The number of carbonyl (C=O) groups excluding carboxylic acids is 2. The number of aromatic nitrogens is 1. The van der Waals surface area contributed by atoms with Gasteiger partial charge in [-0.05, 0) is 6.07 Å². The van der Waals surface area contributed by atoms with Crippen molar-refractivity contribution in [1.29, 1.82) is 0 Å². The summed E-state index contributed by atoms with van der Waals surface area (Å²) >= 11 is 11.6. The molecule has 0 unspecified atom stereocenters. The molecule has 1 heterocycles. The second-order valence-corrected chi connectivity index (χ2v) is 4.51. The van der Waals surface area contributed by atoms with Crippen LogP contribution >= 0.6 is 23.2 Å². The number of nitrogens with zero attached hydrogens (tertiary/aromatic N) is 2. The second-order valence-electron chi connectivity index (χ2n) is 3.75. The van der Waals surface area contributed by atoms with Gasteiger partial charge in [-0.2, -0.15) is 0 Å². The normalized spacial score (nSPS) is 10.3. The highest BCUT2D eigenvalue weighted by Crippen LogP contribution is 2.25. The Labute approximate surface area is 118 Å². The molecule has 0 fully saturated rings. The molecule has 0 saturated carbocycles. The highest BCUT2D eigenvalue weighted by Gasteiger charge is 2.24. The van der Waals surface area contributed by atoms with Crippen LogP contribution in [0.5, 0.6) is 0 Å². The Kier molecular flexibility index (Phi) is 4.79. The minimum Gasteiger partial charge on any atom is -0.480 e. The number of nitrogens with two attached hydrogens (primary N) is 1. The van der Waals surface area contributed by atoms with Crippen molar-refractivity contribution < 1.29 is 19.5 Å². The van der Waals surface area contributed by atoms with E-state index in [1.165, 1.54) is 17.7 Å². The van der Waals surface area contributed by atoms with Gasteiger partial charge in [-0.15, -0.1) is 0 Å². The molecule has 0 aliphatic carbocycles. The fourth-order valence-corrected chi connectivity index (χ4v) is 1.84. The van der Waals surface area contributed by atoms with E-state index in [9.17, 15) is 14.4 Å². The van der Waals surface area contributed by atoms with Gasteiger partial charge in [-0.25, -0.2) is 0 Å². The fourth-order valence-electron chi connectivity index (χ4n) is 1.46. The molecule has 0 saturated heterocycles. The van der Waals surface area contributed by atoms with Crippen LogP contribution < -0.4 is 5.73 Å². The summed E-state index contributed by atoms with van der Waals surface area (Å²) in [5, 5.41) is 9.01. The summed E-state index contributed by atoms with van der Waals surface area (Å²) in [5.41, 5.74) is 5.04. The minimum absolute atomic E-state index is 0.0671. The van der Waals surface area contributed by atoms with Crippen molar-refractivity contribution in [2.75, 3.05) is 13.1 Å². The van der Waals surface area contributed by atoms with Crippen LogP contribution in [0.1, 0.15) is 10.5 Å². The molecule has 0 aromatic carbocycles. The van der Waals surface area contributed by atoms with Crippen molar-refractivity contribution in [2.24, 2.45) is 12.8 Å². The van der Waals surface area contributed by atoms with E-state index in [2.05, 4.69) is 0 Å². The third-order valence-electron chi connectivity index (χ3n) is 2.30. The summed E-state index contributed by atoms with van der Waals surface area (Å²) in [6.07, 6.45) is 0. The molecule has 9 heteroatoms. The Morgan fingerprint density at radius 3 is 2.32 bits per heavy atom. The first kappa shape index (κ1) is 15.3. The average molecular weight is 308 g/mol. The highest BCUT2D eigenvalue weighted by molar-refractivity contribution is 6.41. The monoisotopic (exact) mass is 307 g/mol. The SMILES string of the molecule is Cn1c(C(=O)N(CC(N)=O)CC(=O)O)cc(Cl)c1Cl. The molecule has 2 amide bonds. The molecule has 0 aliphatic heterocycles. The van der Waals surface area contributed by atoms with Crippen LogP contribution in [-0.2, 0) is 16.6 Å². The number of primary amides is 1. The summed E-state index contributed by atoms with van der Waals surface area (Å²) < 4.78 is 1.29. The lowest BCUT2D eigenvalue weighted by molar-refractivity contribution is -0.138. The van der Waals surface area contributed by atoms with Gasteiger partial charge in [-0.1, -0.05) is 23.2 Å². The third kappa shape index (κ3) is 3.62. The van der Waals surface area contributed by atoms with Crippen molar-refractivity contribution in [3.05, 3.63) is 21.9 Å². The summed E-state index contributed by atoms with van der Waals surface area (Å²) in [4.78, 5) is 34.5. The van der Waals surface area contributed by atoms with Gasteiger partial charge in [0.15, 0.2) is 0 Å². The van der Waals surface area contributed by atoms with E-state index in [1.807, 2.05) is 0 Å². The number of halogens is 2. The lowest BCUT2D eigenvalue weighted by atomic mass is 10.3. The van der Waals surface area contributed by atoms with Gasteiger partial charge in [0.25, 0.3) is 5.91 Å². The van der Waals surface area contributed by atoms with Gasteiger partial charge in [0.05, 0.1) is 5.02 Å². The van der Waals surface area contributed by atoms with Crippen molar-refractivity contribution in [3.63, 3.8) is 0 Å². The zero-order valence-electron chi connectivity index (χ0n) is 9.89. The maximum Gasteiger partial charge on any atom is 0.323 e. The van der Waals surface area contributed by atoms with Gasteiger partial charge in [0.2, 0.25) is 5.91 Å². The van der Waals surface area contributed by atoms with Gasteiger partial charge < -0.3 is 20.3 Å². The smallest absolute Gasteiger partial charge is 0.323 e. The predicted octanol–water partition coefficient (Wildman–Crippen LogP) is 0.344. The van der Waals surface area contributed by atoms with Gasteiger partial charge in [-0.3, -0.25) is 14.4 Å². The van der Waals surface area contributed by atoms with E-state index in [-0.39, 0.29) is 15.9 Å². The lowest BCUT2D eigenvalue weighted by Crippen LogP contribution is -2.42. The van der Waals surface area contributed by atoms with E-state index in [0.29, 0.717) is 0 Å². The van der Waals surface area contributed by atoms with Crippen LogP contribution in [-0.4, -0.2) is 45.4 Å². The molecule has 3 N–H and O–H groups in total. The van der Waals surface area contributed by atoms with E-state index < -0.39 is 30.9 Å². The lowest BCUT2D eigenvalue weighted by Gasteiger charge is -2.19. The average Bonchev–Trinajstić information content (AvgIpc) is 2.54. The van der Waals surface area contributed by atoms with Crippen molar-refractivity contribution in [2.45, 2.75) is 0 Å². The third-order valence-corrected chi connectivity index (χ3v) is 3.14. The quantitative estimate of drug-likeness (QED) is 0.818. The van der Waals surface area contributed by atoms with E-state index in [0.717, 1.165) is 4.90 Å². The van der Waals surface area contributed by atoms with E-state index in [4.69, 9.17) is 34.0 Å². The molecule has 19 heavy (non-hydrogen) atoms. The standard InChI is InChI=1S/C10H11Cl2N3O4/c1-14-6(2-5(11)9(14)12)10(19)15(3-7(13)16)4-8(17)18/h2H,3-4H2,1H3,(H2,13,16)(H,17,18). The first-order chi connectivity index (χ1) is 8.73. The van der Waals surface area contributed by atoms with Crippen LogP contribution in [0.15, 0.2) is 6.07 Å². The number of carboxylic acid groups (broad SMARTS) is 1. The molecule has 0 bridgehead atoms. The van der Waals surface area contributed by atoms with Crippen LogP contribution in [0.3, 0.4) is 0 Å². The fraction of sp³-hybridized carbons (Fsp3) is 0.300. The van der Waals surface area contributed by atoms with Crippen LogP contribution in [0.4, 0.5) is 0 Å². The first-order valence-corrected chi connectivity index (χ1v) is 5.79. The molecule has 7 nitrogen and oxygen atoms in total. The number of hydrogen-bond donors (Lipinski definition) is 2. The van der Waals surface area contributed by atoms with E-state index in [1.54, 1.807) is 0 Å². The molecule has 0 atom stereocenters. The number of hydrogen-bond acceptors (Lipinski definition) is 3. The van der Waals surface area contributed by atoms with Gasteiger partial charge in [0.1, 0.15) is 23.9 Å². The zero-order valence-corrected chi connectivity index (χ0v) is 11.4. The van der Waals surface area contributed by atoms with Crippen LogP contribution in [0.25, 0.3) is 0 Å². The number of carbonyl (C=O) groups is 3. The number of aliphatic carboxylic acids is 1. The van der Waals surface area contributed by atoms with Crippen LogP contribution in [0.2, 0.25) is 10.2 Å². The molecule has 0 spiro atoms. The van der Waals surface area contributed by atoms with Gasteiger partial charge in [0, 0.05) is 7.05 Å². The molecule has 0 radical (unpaired) electrons. The van der Waals surface area contributed by atoms with Gasteiger partial charge >= 0.3 is 5.97 Å². The Balaban J connectivity index is 3.07. The summed E-state index contributed by atoms with van der Waals surface area (Å²) in [6.45, 7) is -1.16. The Morgan fingerprint density at radius 2 is 1.95 bits per heavy atom. The highest BCUT2D eigenvalue weighted by atomic mass is 35.5.